The largest absolute Gasteiger partial charge is 0.383 e. The van der Waals surface area contributed by atoms with Gasteiger partial charge in [0.15, 0.2) is 0 Å². The maximum Gasteiger partial charge on any atom is 0.246 e. The van der Waals surface area contributed by atoms with Gasteiger partial charge in [0.1, 0.15) is 6.04 Å². The Labute approximate surface area is 105 Å². The molecule has 2 heterocycles. The van der Waals surface area contributed by atoms with Gasteiger partial charge in [-0.05, 0) is 18.1 Å². The van der Waals surface area contributed by atoms with E-state index in [9.17, 15) is 0 Å². The minimum Gasteiger partial charge on any atom is -0.383 e. The maximum atomic E-state index is 5.83. The molecule has 2 aromatic rings. The van der Waals surface area contributed by atoms with Crippen molar-refractivity contribution in [3.05, 3.63) is 29.9 Å². The van der Waals surface area contributed by atoms with Crippen LogP contribution in [-0.2, 0) is 11.2 Å². The van der Waals surface area contributed by atoms with E-state index in [4.69, 9.17) is 15.0 Å². The summed E-state index contributed by atoms with van der Waals surface area (Å²) in [6.07, 6.45) is 4.37. The summed E-state index contributed by atoms with van der Waals surface area (Å²) in [6, 6.07) is 1.47. The average Bonchev–Trinajstić information content (AvgIpc) is 2.88. The van der Waals surface area contributed by atoms with Gasteiger partial charge in [-0.2, -0.15) is 4.98 Å². The first kappa shape index (κ1) is 12.7. The highest BCUT2D eigenvalue weighted by Gasteiger charge is 2.16. The van der Waals surface area contributed by atoms with E-state index in [0.29, 0.717) is 18.3 Å². The Hall–Kier alpha value is -1.79. The number of methoxy groups -OCH3 is 1. The van der Waals surface area contributed by atoms with Crippen molar-refractivity contribution in [1.82, 2.24) is 15.1 Å². The van der Waals surface area contributed by atoms with Crippen molar-refractivity contribution in [3.63, 3.8) is 0 Å². The second-order valence-electron chi connectivity index (χ2n) is 3.90. The van der Waals surface area contributed by atoms with Gasteiger partial charge in [0.05, 0.1) is 6.61 Å². The lowest BCUT2D eigenvalue weighted by Gasteiger charge is -2.03. The van der Waals surface area contributed by atoms with Crippen molar-refractivity contribution >= 4 is 0 Å². The second-order valence-corrected chi connectivity index (χ2v) is 3.90. The van der Waals surface area contributed by atoms with Gasteiger partial charge in [0, 0.05) is 25.1 Å². The number of nitrogens with two attached hydrogens (primary N) is 1. The highest BCUT2D eigenvalue weighted by atomic mass is 16.5. The zero-order chi connectivity index (χ0) is 13.0. The van der Waals surface area contributed by atoms with Crippen molar-refractivity contribution < 1.29 is 9.26 Å². The second kappa shape index (κ2) is 5.70. The van der Waals surface area contributed by atoms with Crippen LogP contribution in [0.4, 0.5) is 0 Å². The van der Waals surface area contributed by atoms with Gasteiger partial charge in [-0.15, -0.1) is 0 Å². The molecular formula is C12H16N4O2. The van der Waals surface area contributed by atoms with Crippen LogP contribution >= 0.6 is 0 Å². The normalized spacial score (nSPS) is 12.6. The van der Waals surface area contributed by atoms with E-state index in [1.165, 1.54) is 0 Å². The molecule has 0 aliphatic carbocycles. The maximum absolute atomic E-state index is 5.83. The summed E-state index contributed by atoms with van der Waals surface area (Å²) >= 11 is 0. The summed E-state index contributed by atoms with van der Waals surface area (Å²) in [5, 5.41) is 3.95. The Morgan fingerprint density at radius 2 is 2.33 bits per heavy atom. The summed E-state index contributed by atoms with van der Waals surface area (Å²) in [6.45, 7) is 2.40. The first-order valence-corrected chi connectivity index (χ1v) is 5.77. The smallest absolute Gasteiger partial charge is 0.246 e. The van der Waals surface area contributed by atoms with Crippen LogP contribution in [0.5, 0.6) is 0 Å². The summed E-state index contributed by atoms with van der Waals surface area (Å²) in [5.41, 5.74) is 7.83. The molecule has 0 aliphatic rings. The van der Waals surface area contributed by atoms with E-state index >= 15 is 0 Å². The Bertz CT molecular complexity index is 512. The van der Waals surface area contributed by atoms with E-state index in [2.05, 4.69) is 22.0 Å². The van der Waals surface area contributed by atoms with Gasteiger partial charge < -0.3 is 15.0 Å². The molecule has 6 nitrogen and oxygen atoms in total. The lowest BCUT2D eigenvalue weighted by atomic mass is 10.1. The molecule has 0 fully saturated rings. The zero-order valence-corrected chi connectivity index (χ0v) is 10.5. The Kier molecular flexibility index (Phi) is 4.01. The quantitative estimate of drug-likeness (QED) is 0.859. The van der Waals surface area contributed by atoms with Crippen molar-refractivity contribution in [3.8, 4) is 11.4 Å². The minimum absolute atomic E-state index is 0.346. The monoisotopic (exact) mass is 248 g/mol. The standard InChI is InChI=1S/C12H16N4O2/c1-3-8-6-14-5-4-9(8)11-15-12(18-16-11)10(13)7-17-2/h4-6,10H,3,7,13H2,1-2H3. The minimum atomic E-state index is -0.400. The summed E-state index contributed by atoms with van der Waals surface area (Å²) in [7, 11) is 1.58. The molecule has 1 atom stereocenters. The van der Waals surface area contributed by atoms with Crippen LogP contribution in [0, 0.1) is 0 Å². The number of aryl methyl sites for hydroxylation is 1. The summed E-state index contributed by atoms with van der Waals surface area (Å²) in [4.78, 5) is 8.38. The first-order chi connectivity index (χ1) is 8.76. The molecule has 96 valence electrons. The van der Waals surface area contributed by atoms with Crippen molar-refractivity contribution in [2.45, 2.75) is 19.4 Å². The molecule has 2 aromatic heterocycles. The van der Waals surface area contributed by atoms with Gasteiger partial charge in [0.2, 0.25) is 11.7 Å². The molecule has 0 spiro atoms. The van der Waals surface area contributed by atoms with Crippen LogP contribution in [0.15, 0.2) is 23.0 Å². The molecule has 1 unspecified atom stereocenters. The number of ether oxygens (including phenoxy) is 1. The molecule has 0 saturated carbocycles. The number of hydrogen-bond acceptors (Lipinski definition) is 6. The van der Waals surface area contributed by atoms with Crippen LogP contribution in [0.1, 0.15) is 24.4 Å². The molecule has 0 radical (unpaired) electrons. The number of pyridine rings is 1. The molecule has 0 aliphatic heterocycles. The van der Waals surface area contributed by atoms with Crippen molar-refractivity contribution in [1.29, 1.82) is 0 Å². The molecule has 0 amide bonds. The first-order valence-electron chi connectivity index (χ1n) is 5.77. The van der Waals surface area contributed by atoms with Gasteiger partial charge in [-0.1, -0.05) is 12.1 Å². The molecule has 0 bridgehead atoms. The van der Waals surface area contributed by atoms with E-state index < -0.39 is 6.04 Å². The van der Waals surface area contributed by atoms with Crippen LogP contribution in [0.2, 0.25) is 0 Å². The van der Waals surface area contributed by atoms with Gasteiger partial charge in [0.25, 0.3) is 0 Å². The molecule has 2 N–H and O–H groups in total. The molecule has 2 rings (SSSR count). The molecule has 0 saturated heterocycles. The van der Waals surface area contributed by atoms with E-state index in [-0.39, 0.29) is 0 Å². The van der Waals surface area contributed by atoms with E-state index in [1.54, 1.807) is 19.5 Å². The number of rotatable bonds is 5. The highest BCUT2D eigenvalue weighted by Crippen LogP contribution is 2.21. The lowest BCUT2D eigenvalue weighted by Crippen LogP contribution is -2.16. The third kappa shape index (κ3) is 2.55. The van der Waals surface area contributed by atoms with Crippen LogP contribution in [0.3, 0.4) is 0 Å². The fourth-order valence-corrected chi connectivity index (χ4v) is 1.67. The Morgan fingerprint density at radius 1 is 1.50 bits per heavy atom. The lowest BCUT2D eigenvalue weighted by molar-refractivity contribution is 0.166. The summed E-state index contributed by atoms with van der Waals surface area (Å²) in [5.74, 6) is 0.918. The SMILES string of the molecule is CCc1cnccc1-c1noc(C(N)COC)n1. The number of hydrogen-bond donors (Lipinski definition) is 1. The predicted molar refractivity (Wildman–Crippen MR) is 65.7 cm³/mol. The van der Waals surface area contributed by atoms with Crippen molar-refractivity contribution in [2.75, 3.05) is 13.7 Å². The third-order valence-electron chi connectivity index (χ3n) is 2.63. The topological polar surface area (TPSA) is 87.1 Å². The molecule has 0 aromatic carbocycles. The van der Waals surface area contributed by atoms with Gasteiger partial charge in [-0.25, -0.2) is 0 Å². The number of nitrogens with zero attached hydrogens (tertiary/aromatic N) is 3. The molecule has 18 heavy (non-hydrogen) atoms. The average molecular weight is 248 g/mol. The molecule has 6 heteroatoms. The third-order valence-corrected chi connectivity index (χ3v) is 2.63. The van der Waals surface area contributed by atoms with Crippen LogP contribution in [0.25, 0.3) is 11.4 Å². The predicted octanol–water partition coefficient (Wildman–Crippen LogP) is 1.34. The van der Waals surface area contributed by atoms with Gasteiger partial charge >= 0.3 is 0 Å². The fraction of sp³-hybridized carbons (Fsp3) is 0.417. The fourth-order valence-electron chi connectivity index (χ4n) is 1.67. The zero-order valence-electron chi connectivity index (χ0n) is 10.5. The highest BCUT2D eigenvalue weighted by molar-refractivity contribution is 5.58. The van der Waals surface area contributed by atoms with Crippen LogP contribution < -0.4 is 5.73 Å². The van der Waals surface area contributed by atoms with Crippen LogP contribution in [-0.4, -0.2) is 28.8 Å². The molecular weight excluding hydrogens is 232 g/mol. The Morgan fingerprint density at radius 3 is 3.06 bits per heavy atom. The van der Waals surface area contributed by atoms with E-state index in [1.807, 2.05) is 6.07 Å². The van der Waals surface area contributed by atoms with E-state index in [0.717, 1.165) is 17.5 Å². The summed E-state index contributed by atoms with van der Waals surface area (Å²) < 4.78 is 10.1. The number of aromatic nitrogens is 3. The van der Waals surface area contributed by atoms with Crippen molar-refractivity contribution in [2.24, 2.45) is 5.73 Å². The Balaban J connectivity index is 2.29. The van der Waals surface area contributed by atoms with Gasteiger partial charge in [-0.3, -0.25) is 4.98 Å².